The Morgan fingerprint density at radius 2 is 1.96 bits per heavy atom. The van der Waals surface area contributed by atoms with Gasteiger partial charge >= 0.3 is 0 Å². The number of carbonyl (C=O) groups excluding carboxylic acids is 2. The van der Waals surface area contributed by atoms with E-state index in [1.165, 1.54) is 32.4 Å². The summed E-state index contributed by atoms with van der Waals surface area (Å²) in [7, 11) is 1.64. The van der Waals surface area contributed by atoms with Crippen molar-refractivity contribution in [2.24, 2.45) is 11.8 Å². The van der Waals surface area contributed by atoms with Gasteiger partial charge < -0.3 is 19.4 Å². The Balaban J connectivity index is 1.50. The number of rotatable bonds is 6. The highest BCUT2D eigenvalue weighted by Crippen LogP contribution is 2.25. The van der Waals surface area contributed by atoms with Gasteiger partial charge in [-0.15, -0.1) is 0 Å². The number of nitrogens with zero attached hydrogens (tertiary/aromatic N) is 3. The molecule has 0 aromatic carbocycles. The van der Waals surface area contributed by atoms with Crippen molar-refractivity contribution in [3.05, 3.63) is 0 Å². The molecule has 3 fully saturated rings. The number of hydrogen-bond donors (Lipinski definition) is 0. The number of piperidine rings is 1. The van der Waals surface area contributed by atoms with Crippen LogP contribution in [0.5, 0.6) is 0 Å². The molecule has 6 nitrogen and oxygen atoms in total. The van der Waals surface area contributed by atoms with Gasteiger partial charge in [0.1, 0.15) is 0 Å². The molecule has 0 saturated carbocycles. The summed E-state index contributed by atoms with van der Waals surface area (Å²) in [6.45, 7) is 6.99. The minimum atomic E-state index is -0.153. The average molecular weight is 337 g/mol. The second kappa shape index (κ2) is 8.30. The smallest absolute Gasteiger partial charge is 0.228 e. The fourth-order valence-electron chi connectivity index (χ4n) is 4.36. The van der Waals surface area contributed by atoms with Crippen LogP contribution in [0, 0.1) is 11.8 Å². The molecule has 136 valence electrons. The van der Waals surface area contributed by atoms with Crippen molar-refractivity contribution in [1.29, 1.82) is 0 Å². The van der Waals surface area contributed by atoms with E-state index in [-0.39, 0.29) is 17.7 Å². The molecule has 3 saturated heterocycles. The van der Waals surface area contributed by atoms with E-state index in [1.54, 1.807) is 12.0 Å². The standard InChI is InChI=1S/C18H31N3O3/c1-24-10-9-20-14-16(11-17(20)22)18(23)21-8-4-5-15(13-21)12-19-6-2-3-7-19/h15-16H,2-14H2,1H3/t15-,16+/m0/s1. The molecule has 2 atom stereocenters. The van der Waals surface area contributed by atoms with Gasteiger partial charge in [-0.25, -0.2) is 0 Å². The fourth-order valence-corrected chi connectivity index (χ4v) is 4.36. The Morgan fingerprint density at radius 1 is 1.17 bits per heavy atom. The van der Waals surface area contributed by atoms with Crippen molar-refractivity contribution in [3.63, 3.8) is 0 Å². The first-order valence-electron chi connectivity index (χ1n) is 9.45. The Bertz CT molecular complexity index is 451. The lowest BCUT2D eigenvalue weighted by Crippen LogP contribution is -2.46. The zero-order valence-electron chi connectivity index (χ0n) is 14.9. The van der Waals surface area contributed by atoms with Crippen LogP contribution in [0.3, 0.4) is 0 Å². The number of ether oxygens (including phenoxy) is 1. The lowest BCUT2D eigenvalue weighted by Gasteiger charge is -2.36. The van der Waals surface area contributed by atoms with Crippen LogP contribution in [-0.4, -0.2) is 86.0 Å². The molecule has 0 aliphatic carbocycles. The third-order valence-electron chi connectivity index (χ3n) is 5.67. The van der Waals surface area contributed by atoms with Crippen LogP contribution in [0.15, 0.2) is 0 Å². The number of carbonyl (C=O) groups is 2. The number of amides is 2. The maximum Gasteiger partial charge on any atom is 0.228 e. The maximum atomic E-state index is 12.9. The molecule has 3 rings (SSSR count). The van der Waals surface area contributed by atoms with E-state index in [0.717, 1.165) is 26.1 Å². The summed E-state index contributed by atoms with van der Waals surface area (Å²) >= 11 is 0. The molecular weight excluding hydrogens is 306 g/mol. The first kappa shape index (κ1) is 17.7. The zero-order valence-corrected chi connectivity index (χ0v) is 14.9. The topological polar surface area (TPSA) is 53.1 Å². The molecule has 0 aromatic rings. The molecule has 0 spiro atoms. The number of hydrogen-bond acceptors (Lipinski definition) is 4. The van der Waals surface area contributed by atoms with Crippen molar-refractivity contribution in [3.8, 4) is 0 Å². The normalized spacial score (nSPS) is 28.8. The number of methoxy groups -OCH3 is 1. The van der Waals surface area contributed by atoms with Gasteiger partial charge in [-0.1, -0.05) is 0 Å². The van der Waals surface area contributed by atoms with Crippen LogP contribution in [0.1, 0.15) is 32.1 Å². The molecule has 0 unspecified atom stereocenters. The zero-order chi connectivity index (χ0) is 16.9. The second-order valence-corrected chi connectivity index (χ2v) is 7.53. The van der Waals surface area contributed by atoms with Gasteiger partial charge in [-0.05, 0) is 44.7 Å². The fraction of sp³-hybridized carbons (Fsp3) is 0.889. The van der Waals surface area contributed by atoms with E-state index >= 15 is 0 Å². The third-order valence-corrected chi connectivity index (χ3v) is 5.67. The minimum absolute atomic E-state index is 0.0935. The van der Waals surface area contributed by atoms with Crippen molar-refractivity contribution in [1.82, 2.24) is 14.7 Å². The van der Waals surface area contributed by atoms with Gasteiger partial charge in [0.15, 0.2) is 0 Å². The van der Waals surface area contributed by atoms with E-state index in [4.69, 9.17) is 4.74 Å². The van der Waals surface area contributed by atoms with E-state index in [1.807, 2.05) is 4.90 Å². The van der Waals surface area contributed by atoms with Crippen LogP contribution in [0.25, 0.3) is 0 Å². The van der Waals surface area contributed by atoms with Gasteiger partial charge in [0.25, 0.3) is 0 Å². The number of likely N-dealkylation sites (tertiary alicyclic amines) is 3. The molecule has 3 aliphatic rings. The maximum absolute atomic E-state index is 12.9. The minimum Gasteiger partial charge on any atom is -0.383 e. The average Bonchev–Trinajstić information content (AvgIpc) is 3.22. The Morgan fingerprint density at radius 3 is 2.71 bits per heavy atom. The summed E-state index contributed by atoms with van der Waals surface area (Å²) in [5.41, 5.74) is 0. The quantitative estimate of drug-likeness (QED) is 0.720. The Labute approximate surface area is 145 Å². The van der Waals surface area contributed by atoms with Crippen LogP contribution < -0.4 is 0 Å². The van der Waals surface area contributed by atoms with Gasteiger partial charge in [0, 0.05) is 46.3 Å². The van der Waals surface area contributed by atoms with Crippen molar-refractivity contribution >= 4 is 11.8 Å². The predicted molar refractivity (Wildman–Crippen MR) is 91.5 cm³/mol. The molecule has 0 N–H and O–H groups in total. The summed E-state index contributed by atoms with van der Waals surface area (Å²) in [4.78, 5) is 31.3. The summed E-state index contributed by atoms with van der Waals surface area (Å²) in [6, 6.07) is 0. The highest BCUT2D eigenvalue weighted by atomic mass is 16.5. The van der Waals surface area contributed by atoms with E-state index < -0.39 is 0 Å². The molecular formula is C18H31N3O3. The van der Waals surface area contributed by atoms with Gasteiger partial charge in [0.05, 0.1) is 12.5 Å². The second-order valence-electron chi connectivity index (χ2n) is 7.53. The van der Waals surface area contributed by atoms with E-state index in [9.17, 15) is 9.59 Å². The highest BCUT2D eigenvalue weighted by Gasteiger charge is 2.37. The molecule has 3 heterocycles. The molecule has 6 heteroatoms. The Hall–Kier alpha value is -1.14. The molecule has 0 bridgehead atoms. The summed E-state index contributed by atoms with van der Waals surface area (Å²) in [5, 5.41) is 0. The summed E-state index contributed by atoms with van der Waals surface area (Å²) in [6.07, 6.45) is 5.33. The highest BCUT2D eigenvalue weighted by molar-refractivity contribution is 5.89. The van der Waals surface area contributed by atoms with Gasteiger partial charge in [0.2, 0.25) is 11.8 Å². The first-order valence-corrected chi connectivity index (χ1v) is 9.45. The third kappa shape index (κ3) is 4.28. The molecule has 24 heavy (non-hydrogen) atoms. The van der Waals surface area contributed by atoms with Crippen molar-refractivity contribution in [2.75, 3.05) is 59.5 Å². The predicted octanol–water partition coefficient (Wildman–Crippen LogP) is 0.816. The van der Waals surface area contributed by atoms with Crippen LogP contribution in [0.2, 0.25) is 0 Å². The summed E-state index contributed by atoms with van der Waals surface area (Å²) in [5.74, 6) is 0.729. The monoisotopic (exact) mass is 337 g/mol. The van der Waals surface area contributed by atoms with Crippen LogP contribution in [-0.2, 0) is 14.3 Å². The van der Waals surface area contributed by atoms with Gasteiger partial charge in [-0.2, -0.15) is 0 Å². The van der Waals surface area contributed by atoms with Gasteiger partial charge in [-0.3, -0.25) is 9.59 Å². The van der Waals surface area contributed by atoms with Crippen LogP contribution in [0.4, 0.5) is 0 Å². The van der Waals surface area contributed by atoms with Crippen molar-refractivity contribution in [2.45, 2.75) is 32.1 Å². The lowest BCUT2D eigenvalue weighted by molar-refractivity contribution is -0.137. The Kier molecular flexibility index (Phi) is 6.11. The first-order chi connectivity index (χ1) is 11.7. The van der Waals surface area contributed by atoms with Crippen molar-refractivity contribution < 1.29 is 14.3 Å². The van der Waals surface area contributed by atoms with E-state index in [0.29, 0.717) is 32.0 Å². The van der Waals surface area contributed by atoms with Crippen LogP contribution >= 0.6 is 0 Å². The lowest BCUT2D eigenvalue weighted by atomic mass is 9.95. The van der Waals surface area contributed by atoms with E-state index in [2.05, 4.69) is 4.90 Å². The largest absolute Gasteiger partial charge is 0.383 e. The molecule has 2 amide bonds. The molecule has 3 aliphatic heterocycles. The molecule has 0 radical (unpaired) electrons. The molecule has 0 aromatic heterocycles. The summed E-state index contributed by atoms with van der Waals surface area (Å²) < 4.78 is 5.05. The SMILES string of the molecule is COCCN1C[C@H](C(=O)N2CCC[C@@H](CN3CCCC3)C2)CC1=O.